The predicted octanol–water partition coefficient (Wildman–Crippen LogP) is 3.88. The number of carbonyl (C=O) groups is 2. The number of rotatable bonds is 8. The van der Waals surface area contributed by atoms with Crippen LogP contribution in [0.5, 0.6) is 0 Å². The van der Waals surface area contributed by atoms with Gasteiger partial charge in [0, 0.05) is 10.9 Å². The molecule has 1 unspecified atom stereocenters. The molecule has 9 heteroatoms. The van der Waals surface area contributed by atoms with Crippen LogP contribution in [0.3, 0.4) is 0 Å². The zero-order chi connectivity index (χ0) is 24.5. The number of carboxylic acids is 1. The van der Waals surface area contributed by atoms with E-state index < -0.39 is 38.6 Å². The van der Waals surface area contributed by atoms with Gasteiger partial charge in [0.05, 0.1) is 12.0 Å². The summed E-state index contributed by atoms with van der Waals surface area (Å²) >= 11 is 5.91. The average Bonchev–Trinajstić information content (AvgIpc) is 3.58. The molecule has 0 bridgehead atoms. The van der Waals surface area contributed by atoms with Gasteiger partial charge in [-0.05, 0) is 47.4 Å². The Morgan fingerprint density at radius 3 is 2.09 bits per heavy atom. The minimum Gasteiger partial charge on any atom is -0.479 e. The summed E-state index contributed by atoms with van der Waals surface area (Å²) in [5.41, 5.74) is 0.909. The standard InChI is InChI=1S/C25H22ClNO6S/c1-33-24(30)25(15-21(25)18-5-3-2-4-6-18)27-22(23(28)29)34(31,32)20-13-9-17(10-14-20)16-7-11-19(26)12-8-16/h2-14,21-22,27H,15H2,1H3,(H,28,29)/t21-,22?,25+/m0/s1. The lowest BCUT2D eigenvalue weighted by atomic mass is 10.1. The first-order chi connectivity index (χ1) is 16.2. The van der Waals surface area contributed by atoms with E-state index in [1.807, 2.05) is 6.07 Å². The molecule has 0 spiro atoms. The van der Waals surface area contributed by atoms with Crippen LogP contribution in [0.1, 0.15) is 17.9 Å². The molecular weight excluding hydrogens is 478 g/mol. The maximum Gasteiger partial charge on any atom is 0.337 e. The van der Waals surface area contributed by atoms with Crippen LogP contribution in [0.2, 0.25) is 5.02 Å². The molecule has 1 fully saturated rings. The number of aliphatic carboxylic acids is 1. The highest BCUT2D eigenvalue weighted by molar-refractivity contribution is 7.92. The number of hydrogen-bond donors (Lipinski definition) is 2. The minimum atomic E-state index is -4.39. The van der Waals surface area contributed by atoms with Crippen molar-refractivity contribution in [2.24, 2.45) is 0 Å². The molecule has 3 aromatic carbocycles. The van der Waals surface area contributed by atoms with E-state index in [1.165, 1.54) is 19.2 Å². The van der Waals surface area contributed by atoms with Gasteiger partial charge in [0.2, 0.25) is 15.2 Å². The van der Waals surface area contributed by atoms with Crippen LogP contribution in [-0.4, -0.2) is 43.5 Å². The van der Waals surface area contributed by atoms with Crippen molar-refractivity contribution in [3.63, 3.8) is 0 Å². The topological polar surface area (TPSA) is 110 Å². The predicted molar refractivity (Wildman–Crippen MR) is 127 cm³/mol. The van der Waals surface area contributed by atoms with Crippen LogP contribution in [-0.2, 0) is 24.2 Å². The van der Waals surface area contributed by atoms with Crippen molar-refractivity contribution in [1.29, 1.82) is 0 Å². The summed E-state index contributed by atoms with van der Waals surface area (Å²) in [7, 11) is -3.20. The van der Waals surface area contributed by atoms with E-state index in [1.54, 1.807) is 60.7 Å². The summed E-state index contributed by atoms with van der Waals surface area (Å²) < 4.78 is 31.5. The number of hydrogen-bond acceptors (Lipinski definition) is 6. The molecule has 1 aliphatic rings. The van der Waals surface area contributed by atoms with E-state index in [4.69, 9.17) is 16.3 Å². The quantitative estimate of drug-likeness (QED) is 0.452. The lowest BCUT2D eigenvalue weighted by Crippen LogP contribution is -2.54. The molecule has 2 N–H and O–H groups in total. The monoisotopic (exact) mass is 499 g/mol. The maximum absolute atomic E-state index is 13.3. The summed E-state index contributed by atoms with van der Waals surface area (Å²) in [6.45, 7) is 0. The van der Waals surface area contributed by atoms with Crippen LogP contribution in [0, 0.1) is 0 Å². The maximum atomic E-state index is 13.3. The molecule has 3 aromatic rings. The van der Waals surface area contributed by atoms with E-state index in [-0.39, 0.29) is 11.3 Å². The Kier molecular flexibility index (Phi) is 6.49. The first kappa shape index (κ1) is 23.9. The van der Waals surface area contributed by atoms with Crippen molar-refractivity contribution in [3.8, 4) is 11.1 Å². The molecule has 7 nitrogen and oxygen atoms in total. The van der Waals surface area contributed by atoms with Gasteiger partial charge in [-0.15, -0.1) is 0 Å². The molecule has 0 aromatic heterocycles. The SMILES string of the molecule is COC(=O)[C@@]1(NC(C(=O)O)S(=O)(=O)c2ccc(-c3ccc(Cl)cc3)cc2)C[C@H]1c1ccccc1. The van der Waals surface area contributed by atoms with Crippen LogP contribution < -0.4 is 5.32 Å². The van der Waals surface area contributed by atoms with Gasteiger partial charge in [0.1, 0.15) is 5.54 Å². The Balaban J connectivity index is 1.64. The van der Waals surface area contributed by atoms with Gasteiger partial charge in [-0.2, -0.15) is 0 Å². The first-order valence-corrected chi connectivity index (χ1v) is 12.4. The molecule has 0 heterocycles. The summed E-state index contributed by atoms with van der Waals surface area (Å²) in [5.74, 6) is -2.73. The van der Waals surface area contributed by atoms with Crippen molar-refractivity contribution in [1.82, 2.24) is 5.32 Å². The number of nitrogens with one attached hydrogen (secondary N) is 1. The van der Waals surface area contributed by atoms with Crippen LogP contribution in [0.4, 0.5) is 0 Å². The van der Waals surface area contributed by atoms with E-state index >= 15 is 0 Å². The van der Waals surface area contributed by atoms with Gasteiger partial charge < -0.3 is 9.84 Å². The summed E-state index contributed by atoms with van der Waals surface area (Å²) in [6.07, 6.45) is 0.221. The Hall–Kier alpha value is -3.20. The van der Waals surface area contributed by atoms with E-state index in [9.17, 15) is 23.1 Å². The molecule has 0 radical (unpaired) electrons. The second-order valence-corrected chi connectivity index (χ2v) is 10.5. The zero-order valence-corrected chi connectivity index (χ0v) is 19.7. The largest absolute Gasteiger partial charge is 0.479 e. The molecule has 0 amide bonds. The fourth-order valence-electron chi connectivity index (χ4n) is 4.10. The van der Waals surface area contributed by atoms with Gasteiger partial charge in [-0.1, -0.05) is 66.2 Å². The van der Waals surface area contributed by atoms with Gasteiger partial charge in [0.25, 0.3) is 0 Å². The van der Waals surface area contributed by atoms with Gasteiger partial charge in [-0.25, -0.2) is 13.2 Å². The molecule has 1 saturated carbocycles. The fraction of sp³-hybridized carbons (Fsp3) is 0.200. The van der Waals surface area contributed by atoms with Gasteiger partial charge in [-0.3, -0.25) is 10.1 Å². The highest BCUT2D eigenvalue weighted by atomic mass is 35.5. The Morgan fingerprint density at radius 1 is 1.00 bits per heavy atom. The third-order valence-electron chi connectivity index (χ3n) is 6.00. The Labute approximate surface area is 202 Å². The normalized spacial score (nSPS) is 20.4. The highest BCUT2D eigenvalue weighted by Crippen LogP contribution is 2.52. The molecule has 176 valence electrons. The number of carboxylic acid groups (broad SMARTS) is 1. The Bertz CT molecular complexity index is 1310. The van der Waals surface area contributed by atoms with Gasteiger partial charge >= 0.3 is 11.9 Å². The molecule has 0 aliphatic heterocycles. The van der Waals surface area contributed by atoms with Crippen LogP contribution in [0.25, 0.3) is 11.1 Å². The number of sulfone groups is 1. The van der Waals surface area contributed by atoms with Crippen molar-refractivity contribution >= 4 is 33.4 Å². The molecular formula is C25H22ClNO6S. The molecule has 34 heavy (non-hydrogen) atoms. The second-order valence-electron chi connectivity index (χ2n) is 8.07. The van der Waals surface area contributed by atoms with E-state index in [2.05, 4.69) is 5.32 Å². The average molecular weight is 500 g/mol. The van der Waals surface area contributed by atoms with E-state index in [0.717, 1.165) is 16.7 Å². The number of methoxy groups -OCH3 is 1. The molecule has 3 atom stereocenters. The van der Waals surface area contributed by atoms with Gasteiger partial charge in [0.15, 0.2) is 0 Å². The molecule has 1 aliphatic carbocycles. The molecule has 4 rings (SSSR count). The summed E-state index contributed by atoms with van der Waals surface area (Å²) in [5, 5.41) is 11.0. The number of halogens is 1. The number of benzene rings is 3. The lowest BCUT2D eigenvalue weighted by Gasteiger charge is -2.23. The summed E-state index contributed by atoms with van der Waals surface area (Å²) in [4.78, 5) is 24.6. The van der Waals surface area contributed by atoms with Crippen LogP contribution >= 0.6 is 11.6 Å². The second kappa shape index (κ2) is 9.21. The number of ether oxygens (including phenoxy) is 1. The first-order valence-electron chi connectivity index (χ1n) is 10.4. The summed E-state index contributed by atoms with van der Waals surface area (Å²) in [6, 6.07) is 21.9. The smallest absolute Gasteiger partial charge is 0.337 e. The third-order valence-corrected chi connectivity index (χ3v) is 8.12. The molecule has 0 saturated heterocycles. The van der Waals surface area contributed by atoms with Crippen molar-refractivity contribution in [3.05, 3.63) is 89.4 Å². The Morgan fingerprint density at radius 2 is 1.56 bits per heavy atom. The highest BCUT2D eigenvalue weighted by Gasteiger charge is 2.64. The van der Waals surface area contributed by atoms with Crippen LogP contribution in [0.15, 0.2) is 83.8 Å². The van der Waals surface area contributed by atoms with E-state index in [0.29, 0.717) is 5.02 Å². The lowest BCUT2D eigenvalue weighted by molar-refractivity contribution is -0.145. The zero-order valence-electron chi connectivity index (χ0n) is 18.1. The fourth-order valence-corrected chi connectivity index (χ4v) is 5.64. The van der Waals surface area contributed by atoms with Crippen molar-refractivity contribution in [2.75, 3.05) is 7.11 Å². The number of carbonyl (C=O) groups excluding carboxylic acids is 1. The third kappa shape index (κ3) is 4.44. The minimum absolute atomic E-state index is 0.179. The number of esters is 1. The van der Waals surface area contributed by atoms with Crippen molar-refractivity contribution in [2.45, 2.75) is 28.1 Å². The van der Waals surface area contributed by atoms with Crippen molar-refractivity contribution < 1.29 is 27.9 Å².